The molecule has 70 valence electrons. The molecule has 0 aromatic carbocycles. The van der Waals surface area contributed by atoms with Crippen molar-refractivity contribution in [3.05, 3.63) is 0 Å². The van der Waals surface area contributed by atoms with E-state index in [0.29, 0.717) is 5.92 Å². The number of nitrogens with zero attached hydrogens (tertiary/aromatic N) is 1. The monoisotopic (exact) mass is 169 g/mol. The van der Waals surface area contributed by atoms with Crippen LogP contribution in [0.2, 0.25) is 0 Å². The Balaban J connectivity index is 1.76. The molecule has 2 atom stereocenters. The van der Waals surface area contributed by atoms with Crippen molar-refractivity contribution in [3.63, 3.8) is 0 Å². The molecule has 0 radical (unpaired) electrons. The second-order valence-electron chi connectivity index (χ2n) is 4.54. The minimum atomic E-state index is -0.0412. The highest BCUT2D eigenvalue weighted by atomic mass is 16.3. The van der Waals surface area contributed by atoms with Crippen LogP contribution in [0, 0.1) is 11.8 Å². The molecule has 12 heavy (non-hydrogen) atoms. The Labute approximate surface area is 74.6 Å². The predicted octanol–water partition coefficient (Wildman–Crippen LogP) is 1.10. The number of hydrogen-bond donors (Lipinski definition) is 1. The summed E-state index contributed by atoms with van der Waals surface area (Å²) in [5, 5.41) is 9.52. The Kier molecular flexibility index (Phi) is 2.37. The number of aliphatic hydroxyl groups is 1. The molecule has 2 rings (SSSR count). The van der Waals surface area contributed by atoms with E-state index >= 15 is 0 Å². The molecular weight excluding hydrogens is 150 g/mol. The topological polar surface area (TPSA) is 23.5 Å². The Morgan fingerprint density at radius 3 is 2.67 bits per heavy atom. The van der Waals surface area contributed by atoms with Crippen LogP contribution in [0.3, 0.4) is 0 Å². The maximum atomic E-state index is 9.52. The molecule has 0 amide bonds. The highest BCUT2D eigenvalue weighted by Crippen LogP contribution is 2.31. The smallest absolute Gasteiger partial charge is 0.0590 e. The molecule has 0 aromatic rings. The fraction of sp³-hybridized carbons (Fsp3) is 1.00. The summed E-state index contributed by atoms with van der Waals surface area (Å²) in [7, 11) is 0. The summed E-state index contributed by atoms with van der Waals surface area (Å²) in [5.41, 5.74) is 0. The molecule has 1 heterocycles. The molecule has 2 aliphatic rings. The zero-order chi connectivity index (χ0) is 8.55. The molecule has 1 saturated heterocycles. The molecule has 0 bridgehead atoms. The fourth-order valence-electron chi connectivity index (χ4n) is 2.05. The van der Waals surface area contributed by atoms with Crippen molar-refractivity contribution >= 4 is 0 Å². The summed E-state index contributed by atoms with van der Waals surface area (Å²) < 4.78 is 0. The van der Waals surface area contributed by atoms with E-state index in [4.69, 9.17) is 0 Å². The highest BCUT2D eigenvalue weighted by molar-refractivity contribution is 4.82. The molecule has 1 N–H and O–H groups in total. The summed E-state index contributed by atoms with van der Waals surface area (Å²) in [6.07, 6.45) is 3.81. The lowest BCUT2D eigenvalue weighted by Gasteiger charge is -2.34. The van der Waals surface area contributed by atoms with Crippen LogP contribution in [0.15, 0.2) is 0 Å². The molecule has 0 unspecified atom stereocenters. The van der Waals surface area contributed by atoms with Crippen molar-refractivity contribution in [3.8, 4) is 0 Å². The Hall–Kier alpha value is -0.0800. The van der Waals surface area contributed by atoms with Gasteiger partial charge in [0.05, 0.1) is 6.10 Å². The van der Waals surface area contributed by atoms with Crippen LogP contribution in [-0.2, 0) is 0 Å². The number of hydrogen-bond acceptors (Lipinski definition) is 2. The molecule has 2 fully saturated rings. The highest BCUT2D eigenvalue weighted by Gasteiger charge is 2.29. The molecule has 2 nitrogen and oxygen atoms in total. The van der Waals surface area contributed by atoms with Crippen LogP contribution >= 0.6 is 0 Å². The largest absolute Gasteiger partial charge is 0.393 e. The Morgan fingerprint density at radius 2 is 2.08 bits per heavy atom. The first-order valence-corrected chi connectivity index (χ1v) is 5.16. The summed E-state index contributed by atoms with van der Waals surface area (Å²) in [4.78, 5) is 2.52. The first-order chi connectivity index (χ1) is 5.75. The van der Waals surface area contributed by atoms with Gasteiger partial charge in [0, 0.05) is 19.6 Å². The van der Waals surface area contributed by atoms with Crippen molar-refractivity contribution in [2.24, 2.45) is 11.8 Å². The average Bonchev–Trinajstić information content (AvgIpc) is 2.81. The molecule has 1 saturated carbocycles. The standard InChI is InChI=1S/C10H19NO/c1-8-6-11(5-4-10(8)12)7-9-2-3-9/h8-10,12H,2-7H2,1H3/t8-,10+/m0/s1. The van der Waals surface area contributed by atoms with Crippen LogP contribution in [0.5, 0.6) is 0 Å². The van der Waals surface area contributed by atoms with Gasteiger partial charge in [-0.15, -0.1) is 0 Å². The summed E-state index contributed by atoms with van der Waals surface area (Å²) in [6, 6.07) is 0. The van der Waals surface area contributed by atoms with E-state index in [1.807, 2.05) is 0 Å². The third-order valence-corrected chi connectivity index (χ3v) is 3.16. The number of likely N-dealkylation sites (tertiary alicyclic amines) is 1. The molecule has 1 aliphatic heterocycles. The van der Waals surface area contributed by atoms with Gasteiger partial charge < -0.3 is 10.0 Å². The zero-order valence-electron chi connectivity index (χ0n) is 7.87. The third-order valence-electron chi connectivity index (χ3n) is 3.16. The van der Waals surface area contributed by atoms with Crippen LogP contribution < -0.4 is 0 Å². The van der Waals surface area contributed by atoms with Gasteiger partial charge in [-0.1, -0.05) is 6.92 Å². The van der Waals surface area contributed by atoms with Crippen molar-refractivity contribution in [1.82, 2.24) is 4.90 Å². The maximum Gasteiger partial charge on any atom is 0.0590 e. The lowest BCUT2D eigenvalue weighted by molar-refractivity contribution is 0.0334. The van der Waals surface area contributed by atoms with Gasteiger partial charge >= 0.3 is 0 Å². The van der Waals surface area contributed by atoms with Crippen LogP contribution in [0.25, 0.3) is 0 Å². The first kappa shape index (κ1) is 8.52. The van der Waals surface area contributed by atoms with Crippen LogP contribution in [-0.4, -0.2) is 35.7 Å². The molecule has 2 heteroatoms. The van der Waals surface area contributed by atoms with E-state index in [2.05, 4.69) is 11.8 Å². The molecule has 0 spiro atoms. The Bertz CT molecular complexity index is 156. The van der Waals surface area contributed by atoms with Crippen LogP contribution in [0.1, 0.15) is 26.2 Å². The van der Waals surface area contributed by atoms with Crippen molar-refractivity contribution < 1.29 is 5.11 Å². The van der Waals surface area contributed by atoms with Crippen LogP contribution in [0.4, 0.5) is 0 Å². The van der Waals surface area contributed by atoms with E-state index in [9.17, 15) is 5.11 Å². The molecule has 0 aromatic heterocycles. The van der Waals surface area contributed by atoms with Gasteiger partial charge in [0.15, 0.2) is 0 Å². The minimum absolute atomic E-state index is 0.0412. The summed E-state index contributed by atoms with van der Waals surface area (Å²) in [5.74, 6) is 1.48. The van der Waals surface area contributed by atoms with Gasteiger partial charge in [0.25, 0.3) is 0 Å². The van der Waals surface area contributed by atoms with Crippen molar-refractivity contribution in [1.29, 1.82) is 0 Å². The summed E-state index contributed by atoms with van der Waals surface area (Å²) in [6.45, 7) is 5.67. The van der Waals surface area contributed by atoms with Crippen molar-refractivity contribution in [2.45, 2.75) is 32.3 Å². The minimum Gasteiger partial charge on any atom is -0.393 e. The maximum absolute atomic E-state index is 9.52. The second-order valence-corrected chi connectivity index (χ2v) is 4.54. The molecule has 1 aliphatic carbocycles. The predicted molar refractivity (Wildman–Crippen MR) is 49.0 cm³/mol. The Morgan fingerprint density at radius 1 is 1.33 bits per heavy atom. The number of rotatable bonds is 2. The quantitative estimate of drug-likeness (QED) is 0.669. The SMILES string of the molecule is C[C@H]1CN(CC2CC2)CC[C@H]1O. The van der Waals surface area contributed by atoms with Gasteiger partial charge in [-0.3, -0.25) is 0 Å². The van der Waals surface area contributed by atoms with E-state index in [1.54, 1.807) is 0 Å². The summed E-state index contributed by atoms with van der Waals surface area (Å²) >= 11 is 0. The first-order valence-electron chi connectivity index (χ1n) is 5.16. The number of piperidine rings is 1. The van der Waals surface area contributed by atoms with E-state index in [0.717, 1.165) is 25.4 Å². The molecular formula is C10H19NO. The van der Waals surface area contributed by atoms with E-state index in [-0.39, 0.29) is 6.10 Å². The van der Waals surface area contributed by atoms with Crippen molar-refractivity contribution in [2.75, 3.05) is 19.6 Å². The van der Waals surface area contributed by atoms with Gasteiger partial charge in [-0.05, 0) is 31.1 Å². The van der Waals surface area contributed by atoms with E-state index < -0.39 is 0 Å². The van der Waals surface area contributed by atoms with Gasteiger partial charge in [0.2, 0.25) is 0 Å². The van der Waals surface area contributed by atoms with Gasteiger partial charge in [-0.25, -0.2) is 0 Å². The van der Waals surface area contributed by atoms with E-state index in [1.165, 1.54) is 19.4 Å². The third kappa shape index (κ3) is 1.99. The average molecular weight is 169 g/mol. The zero-order valence-corrected chi connectivity index (χ0v) is 7.87. The lowest BCUT2D eigenvalue weighted by atomic mass is 9.96. The second kappa shape index (κ2) is 3.35. The number of aliphatic hydroxyl groups excluding tert-OH is 1. The van der Waals surface area contributed by atoms with Gasteiger partial charge in [-0.2, -0.15) is 0 Å². The lowest BCUT2D eigenvalue weighted by Crippen LogP contribution is -2.42. The van der Waals surface area contributed by atoms with Gasteiger partial charge in [0.1, 0.15) is 0 Å². The fourth-order valence-corrected chi connectivity index (χ4v) is 2.05. The normalized spacial score (nSPS) is 38.5.